The molecule has 1 fully saturated rings. The molecule has 8 heteroatoms. The van der Waals surface area contributed by atoms with E-state index in [-0.39, 0.29) is 23.7 Å². The van der Waals surface area contributed by atoms with Crippen LogP contribution in [0.3, 0.4) is 0 Å². The van der Waals surface area contributed by atoms with Crippen molar-refractivity contribution in [2.24, 2.45) is 11.8 Å². The molecule has 1 aliphatic rings. The van der Waals surface area contributed by atoms with Gasteiger partial charge in [0.2, 0.25) is 5.91 Å². The Morgan fingerprint density at radius 2 is 1.97 bits per heavy atom. The van der Waals surface area contributed by atoms with E-state index in [4.69, 9.17) is 11.6 Å². The van der Waals surface area contributed by atoms with Crippen LogP contribution in [-0.2, 0) is 17.8 Å². The van der Waals surface area contributed by atoms with Gasteiger partial charge in [-0.2, -0.15) is 5.10 Å². The van der Waals surface area contributed by atoms with Crippen molar-refractivity contribution >= 4 is 34.3 Å². The summed E-state index contributed by atoms with van der Waals surface area (Å²) in [4.78, 5) is 30.9. The first kappa shape index (κ1) is 24.3. The number of rotatable bonds is 7. The summed E-state index contributed by atoms with van der Waals surface area (Å²) in [5.41, 5.74) is 4.92. The molecule has 2 amide bonds. The number of carbonyl (C=O) groups excluding carboxylic acids is 2. The normalized spacial score (nSPS) is 15.6. The van der Waals surface area contributed by atoms with Gasteiger partial charge in [-0.25, -0.2) is 0 Å². The Balaban J connectivity index is 1.27. The Morgan fingerprint density at radius 1 is 1.24 bits per heavy atom. The summed E-state index contributed by atoms with van der Waals surface area (Å²) in [5, 5.41) is 9.26. The number of nitrogens with one attached hydrogen (secondary N) is 2. The Morgan fingerprint density at radius 3 is 2.65 bits per heavy atom. The highest BCUT2D eigenvalue weighted by Crippen LogP contribution is 2.27. The number of amides is 2. The topological polar surface area (TPSA) is 83.0 Å². The van der Waals surface area contributed by atoms with Gasteiger partial charge in [-0.05, 0) is 75.8 Å². The molecule has 1 saturated heterocycles. The first-order chi connectivity index (χ1) is 16.3. The maximum absolute atomic E-state index is 13.0. The highest BCUT2D eigenvalue weighted by molar-refractivity contribution is 6.31. The number of halogens is 1. The number of aromatic nitrogens is 3. The number of hydrogen-bond acceptors (Lipinski definition) is 3. The first-order valence-corrected chi connectivity index (χ1v) is 12.5. The van der Waals surface area contributed by atoms with Crippen LogP contribution in [0, 0.1) is 25.7 Å². The minimum Gasteiger partial charge on any atom is -0.356 e. The van der Waals surface area contributed by atoms with E-state index in [1.54, 1.807) is 0 Å². The number of fused-ring (bicyclic) bond motifs is 1. The fourth-order valence-corrected chi connectivity index (χ4v) is 5.26. The number of aryl methyl sites for hydroxylation is 2. The number of benzene rings is 1. The number of H-pyrrole nitrogens is 1. The molecular formula is C26H34ClN5O2. The zero-order valence-corrected chi connectivity index (χ0v) is 21.2. The van der Waals surface area contributed by atoms with E-state index in [2.05, 4.69) is 29.2 Å². The van der Waals surface area contributed by atoms with Gasteiger partial charge in [-0.1, -0.05) is 18.5 Å². The molecule has 2 aromatic heterocycles. The molecule has 1 unspecified atom stereocenters. The number of hydrogen-bond donors (Lipinski definition) is 2. The summed E-state index contributed by atoms with van der Waals surface area (Å²) in [6, 6.07) is 7.42. The highest BCUT2D eigenvalue weighted by atomic mass is 35.5. The molecule has 2 N–H and O–H groups in total. The van der Waals surface area contributed by atoms with Crippen LogP contribution in [0.25, 0.3) is 10.9 Å². The number of carbonyl (C=O) groups is 2. The van der Waals surface area contributed by atoms with Crippen molar-refractivity contribution in [2.45, 2.75) is 53.5 Å². The Kier molecular flexibility index (Phi) is 7.31. The van der Waals surface area contributed by atoms with Gasteiger partial charge in [0.15, 0.2) is 0 Å². The van der Waals surface area contributed by atoms with Crippen LogP contribution in [-0.4, -0.2) is 51.1 Å². The van der Waals surface area contributed by atoms with Gasteiger partial charge in [0.05, 0.1) is 5.69 Å². The predicted molar refractivity (Wildman–Crippen MR) is 135 cm³/mol. The molecule has 0 spiro atoms. The summed E-state index contributed by atoms with van der Waals surface area (Å²) < 4.78 is 2.01. The molecular weight excluding hydrogens is 450 g/mol. The van der Waals surface area contributed by atoms with Crippen LogP contribution in [0.5, 0.6) is 0 Å². The van der Waals surface area contributed by atoms with Crippen LogP contribution in [0.4, 0.5) is 0 Å². The Hall–Kier alpha value is -2.80. The fourth-order valence-electron chi connectivity index (χ4n) is 5.08. The zero-order valence-electron chi connectivity index (χ0n) is 20.4. The molecule has 3 aromatic rings. The van der Waals surface area contributed by atoms with E-state index in [0.29, 0.717) is 30.4 Å². The lowest BCUT2D eigenvalue weighted by Crippen LogP contribution is -2.43. The number of piperidine rings is 1. The van der Waals surface area contributed by atoms with Crippen molar-refractivity contribution in [1.82, 2.24) is 25.0 Å². The van der Waals surface area contributed by atoms with Crippen molar-refractivity contribution < 1.29 is 9.59 Å². The summed E-state index contributed by atoms with van der Waals surface area (Å²) in [6.45, 7) is 11.0. The van der Waals surface area contributed by atoms with E-state index in [9.17, 15) is 9.59 Å². The third-order valence-corrected chi connectivity index (χ3v) is 7.50. The average Bonchev–Trinajstić information content (AvgIpc) is 3.38. The molecule has 1 aromatic carbocycles. The van der Waals surface area contributed by atoms with Gasteiger partial charge in [-0.15, -0.1) is 0 Å². The van der Waals surface area contributed by atoms with E-state index >= 15 is 0 Å². The monoisotopic (exact) mass is 483 g/mol. The molecule has 3 heterocycles. The smallest absolute Gasteiger partial charge is 0.270 e. The molecule has 1 aliphatic heterocycles. The molecule has 0 bridgehead atoms. The van der Waals surface area contributed by atoms with Crippen molar-refractivity contribution in [3.63, 3.8) is 0 Å². The molecule has 7 nitrogen and oxygen atoms in total. The fraction of sp³-hybridized carbons (Fsp3) is 0.500. The second-order valence-electron chi connectivity index (χ2n) is 9.34. The highest BCUT2D eigenvalue weighted by Gasteiger charge is 2.30. The van der Waals surface area contributed by atoms with Crippen LogP contribution in [0.1, 0.15) is 54.1 Å². The van der Waals surface area contributed by atoms with Crippen molar-refractivity contribution in [2.75, 3.05) is 19.6 Å². The maximum atomic E-state index is 13.0. The molecule has 4 rings (SSSR count). The number of nitrogens with zero attached hydrogens (tertiary/aromatic N) is 3. The molecule has 1 atom stereocenters. The third kappa shape index (κ3) is 4.99. The lowest BCUT2D eigenvalue weighted by atomic mass is 9.84. The van der Waals surface area contributed by atoms with Crippen molar-refractivity contribution in [1.29, 1.82) is 0 Å². The second-order valence-corrected chi connectivity index (χ2v) is 9.78. The van der Waals surface area contributed by atoms with E-state index in [1.807, 2.05) is 47.7 Å². The minimum atomic E-state index is -0.0759. The lowest BCUT2D eigenvalue weighted by molar-refractivity contribution is -0.126. The van der Waals surface area contributed by atoms with E-state index in [0.717, 1.165) is 42.4 Å². The molecule has 0 saturated carbocycles. The SMILES string of the molecule is CCn1nc(C)c(CCNC(=O)C(C)C2CCN(C(=O)c3cc4cc(Cl)ccc4[nH]3)CC2)c1C. The molecule has 182 valence electrons. The zero-order chi connectivity index (χ0) is 24.4. The van der Waals surface area contributed by atoms with Crippen LogP contribution < -0.4 is 5.32 Å². The van der Waals surface area contributed by atoms with Crippen LogP contribution >= 0.6 is 11.6 Å². The van der Waals surface area contributed by atoms with Gasteiger partial charge >= 0.3 is 0 Å². The largest absolute Gasteiger partial charge is 0.356 e. The van der Waals surface area contributed by atoms with Gasteiger partial charge in [0, 0.05) is 53.7 Å². The number of aromatic amines is 1. The first-order valence-electron chi connectivity index (χ1n) is 12.2. The summed E-state index contributed by atoms with van der Waals surface area (Å²) in [6.07, 6.45) is 2.44. The average molecular weight is 484 g/mol. The van der Waals surface area contributed by atoms with E-state index in [1.165, 1.54) is 11.3 Å². The van der Waals surface area contributed by atoms with Gasteiger partial charge in [-0.3, -0.25) is 14.3 Å². The van der Waals surface area contributed by atoms with E-state index < -0.39 is 0 Å². The van der Waals surface area contributed by atoms with Crippen LogP contribution in [0.15, 0.2) is 24.3 Å². The van der Waals surface area contributed by atoms with Crippen molar-refractivity contribution in [3.8, 4) is 0 Å². The summed E-state index contributed by atoms with van der Waals surface area (Å²) in [5.74, 6) is 0.293. The molecule has 34 heavy (non-hydrogen) atoms. The lowest BCUT2D eigenvalue weighted by Gasteiger charge is -2.34. The summed E-state index contributed by atoms with van der Waals surface area (Å²) >= 11 is 6.07. The second kappa shape index (κ2) is 10.2. The Labute approximate surface area is 205 Å². The van der Waals surface area contributed by atoms with Gasteiger partial charge < -0.3 is 15.2 Å². The molecule has 0 radical (unpaired) electrons. The van der Waals surface area contributed by atoms with Crippen molar-refractivity contribution in [3.05, 3.63) is 51.9 Å². The third-order valence-electron chi connectivity index (χ3n) is 7.27. The summed E-state index contributed by atoms with van der Waals surface area (Å²) in [7, 11) is 0. The van der Waals surface area contributed by atoms with Gasteiger partial charge in [0.1, 0.15) is 5.69 Å². The number of likely N-dealkylation sites (tertiary alicyclic amines) is 1. The maximum Gasteiger partial charge on any atom is 0.270 e. The molecule has 0 aliphatic carbocycles. The van der Waals surface area contributed by atoms with Crippen LogP contribution in [0.2, 0.25) is 5.02 Å². The predicted octanol–water partition coefficient (Wildman–Crippen LogP) is 4.50. The standard InChI is InChI=1S/C26H34ClN5O2/c1-5-32-18(4)22(17(3)30-32)8-11-28-25(33)16(2)19-9-12-31(13-10-19)26(34)24-15-20-14-21(27)6-7-23(20)29-24/h6-7,14-16,19,29H,5,8-13H2,1-4H3,(H,28,33). The Bertz CT molecular complexity index is 1190. The quantitative estimate of drug-likeness (QED) is 0.519. The van der Waals surface area contributed by atoms with Gasteiger partial charge in [0.25, 0.3) is 5.91 Å². The minimum absolute atomic E-state index is 0.00115.